The predicted molar refractivity (Wildman–Crippen MR) is 132 cm³/mol. The first-order valence-electron chi connectivity index (χ1n) is 11.5. The Kier molecular flexibility index (Phi) is 5.82. The molecule has 2 aromatic carbocycles. The molecule has 1 fully saturated rings. The van der Waals surface area contributed by atoms with Crippen molar-refractivity contribution in [2.75, 3.05) is 18.0 Å². The molecule has 1 atom stereocenters. The first-order chi connectivity index (χ1) is 15.7. The molecule has 1 saturated heterocycles. The van der Waals surface area contributed by atoms with Gasteiger partial charge in [-0.3, -0.25) is 4.98 Å². The van der Waals surface area contributed by atoms with Crippen molar-refractivity contribution in [3.05, 3.63) is 73.1 Å². The minimum absolute atomic E-state index is 0.448. The quantitative estimate of drug-likeness (QED) is 0.454. The Morgan fingerprint density at radius 1 is 0.938 bits per heavy atom. The minimum atomic E-state index is 0.448. The van der Waals surface area contributed by atoms with Gasteiger partial charge in [-0.1, -0.05) is 50.2 Å². The fourth-order valence-electron chi connectivity index (χ4n) is 4.54. The van der Waals surface area contributed by atoms with E-state index in [4.69, 9.17) is 10.2 Å². The maximum atomic E-state index is 4.77. The van der Waals surface area contributed by atoms with Gasteiger partial charge < -0.3 is 10.2 Å². The third-order valence-corrected chi connectivity index (χ3v) is 6.23. The highest BCUT2D eigenvalue weighted by Gasteiger charge is 2.27. The number of hydrogen-bond donors (Lipinski definition) is 1. The Morgan fingerprint density at radius 2 is 1.75 bits per heavy atom. The maximum Gasteiger partial charge on any atom is 0.152 e. The molecule has 0 spiro atoms. The van der Waals surface area contributed by atoms with E-state index < -0.39 is 0 Å². The standard InChI is InChI=1S/C27H29N5/c1-19(2)29-18-24-8-5-15-32(24)26-17-25(21-11-13-28-14-12-21)27(31-30-26)23-10-9-20-6-3-4-7-22(20)16-23/h3-4,6-7,9-14,16-17,19,24,29H,5,8,15,18H2,1-2H3. The van der Waals surface area contributed by atoms with E-state index in [9.17, 15) is 0 Å². The molecule has 1 unspecified atom stereocenters. The van der Waals surface area contributed by atoms with Crippen molar-refractivity contribution in [1.29, 1.82) is 0 Å². The topological polar surface area (TPSA) is 53.9 Å². The number of rotatable bonds is 6. The summed E-state index contributed by atoms with van der Waals surface area (Å²) in [5, 5.41) is 15.5. The van der Waals surface area contributed by atoms with Gasteiger partial charge in [0.15, 0.2) is 5.82 Å². The number of nitrogens with one attached hydrogen (secondary N) is 1. The maximum absolute atomic E-state index is 4.77. The lowest BCUT2D eigenvalue weighted by Crippen LogP contribution is -2.40. The Morgan fingerprint density at radius 3 is 2.56 bits per heavy atom. The summed E-state index contributed by atoms with van der Waals surface area (Å²) in [6.45, 7) is 6.37. The lowest BCUT2D eigenvalue weighted by molar-refractivity contribution is 0.522. The summed E-state index contributed by atoms with van der Waals surface area (Å²) < 4.78 is 0. The minimum Gasteiger partial charge on any atom is -0.351 e. The molecular weight excluding hydrogens is 394 g/mol. The van der Waals surface area contributed by atoms with E-state index in [0.29, 0.717) is 12.1 Å². The highest BCUT2D eigenvalue weighted by Crippen LogP contribution is 2.35. The number of nitrogens with zero attached hydrogens (tertiary/aromatic N) is 4. The molecule has 0 amide bonds. The summed E-state index contributed by atoms with van der Waals surface area (Å²) in [4.78, 5) is 6.63. The molecule has 162 valence electrons. The van der Waals surface area contributed by atoms with E-state index >= 15 is 0 Å². The van der Waals surface area contributed by atoms with Gasteiger partial charge in [-0.15, -0.1) is 10.2 Å². The molecule has 4 aromatic rings. The zero-order valence-corrected chi connectivity index (χ0v) is 18.7. The summed E-state index contributed by atoms with van der Waals surface area (Å²) in [6.07, 6.45) is 6.04. The van der Waals surface area contributed by atoms with Gasteiger partial charge in [0.2, 0.25) is 0 Å². The summed E-state index contributed by atoms with van der Waals surface area (Å²) in [7, 11) is 0. The van der Waals surface area contributed by atoms with Crippen molar-refractivity contribution in [2.45, 2.75) is 38.8 Å². The molecule has 2 aromatic heterocycles. The van der Waals surface area contributed by atoms with Crippen LogP contribution in [-0.2, 0) is 0 Å². The van der Waals surface area contributed by atoms with E-state index in [2.05, 4.69) is 77.6 Å². The smallest absolute Gasteiger partial charge is 0.152 e. The lowest BCUT2D eigenvalue weighted by atomic mass is 9.98. The second-order valence-corrected chi connectivity index (χ2v) is 8.82. The van der Waals surface area contributed by atoms with E-state index in [0.717, 1.165) is 41.3 Å². The number of hydrogen-bond acceptors (Lipinski definition) is 5. The van der Waals surface area contributed by atoms with Gasteiger partial charge >= 0.3 is 0 Å². The van der Waals surface area contributed by atoms with Crippen LogP contribution in [0.2, 0.25) is 0 Å². The van der Waals surface area contributed by atoms with Crippen molar-refractivity contribution >= 4 is 16.6 Å². The van der Waals surface area contributed by atoms with Gasteiger partial charge in [0.1, 0.15) is 5.69 Å². The summed E-state index contributed by atoms with van der Waals surface area (Å²) in [5.74, 6) is 0.953. The predicted octanol–water partition coefficient (Wildman–Crippen LogP) is 5.33. The number of anilines is 1. The van der Waals surface area contributed by atoms with Crippen molar-refractivity contribution in [1.82, 2.24) is 20.5 Å². The van der Waals surface area contributed by atoms with Crippen LogP contribution in [0.25, 0.3) is 33.2 Å². The molecule has 0 radical (unpaired) electrons. The summed E-state index contributed by atoms with van der Waals surface area (Å²) in [6, 6.07) is 22.2. The summed E-state index contributed by atoms with van der Waals surface area (Å²) >= 11 is 0. The van der Waals surface area contributed by atoms with Gasteiger partial charge in [-0.25, -0.2) is 0 Å². The average Bonchev–Trinajstić information content (AvgIpc) is 3.31. The molecule has 1 N–H and O–H groups in total. The van der Waals surface area contributed by atoms with Crippen molar-refractivity contribution in [2.24, 2.45) is 0 Å². The zero-order valence-electron chi connectivity index (χ0n) is 18.7. The zero-order chi connectivity index (χ0) is 21.9. The van der Waals surface area contributed by atoms with Crippen LogP contribution in [-0.4, -0.2) is 40.4 Å². The van der Waals surface area contributed by atoms with Gasteiger partial charge in [0, 0.05) is 48.7 Å². The monoisotopic (exact) mass is 423 g/mol. The highest BCUT2D eigenvalue weighted by molar-refractivity contribution is 5.90. The lowest BCUT2D eigenvalue weighted by Gasteiger charge is -2.27. The number of benzene rings is 2. The Labute approximate surface area is 189 Å². The van der Waals surface area contributed by atoms with E-state index in [1.807, 2.05) is 24.5 Å². The highest BCUT2D eigenvalue weighted by atomic mass is 15.3. The summed E-state index contributed by atoms with van der Waals surface area (Å²) in [5.41, 5.74) is 4.18. The van der Waals surface area contributed by atoms with E-state index in [1.54, 1.807) is 0 Å². The molecule has 3 heterocycles. The van der Waals surface area contributed by atoms with Gasteiger partial charge in [0.05, 0.1) is 0 Å². The fraction of sp³-hybridized carbons (Fsp3) is 0.296. The Bertz CT molecular complexity index is 1210. The number of aromatic nitrogens is 3. The number of pyridine rings is 1. The van der Waals surface area contributed by atoms with Crippen LogP contribution in [0.15, 0.2) is 73.1 Å². The molecule has 1 aliphatic heterocycles. The Balaban J connectivity index is 1.57. The van der Waals surface area contributed by atoms with Crippen LogP contribution in [0.3, 0.4) is 0 Å². The molecule has 0 aliphatic carbocycles. The molecule has 5 nitrogen and oxygen atoms in total. The Hall–Kier alpha value is -3.31. The largest absolute Gasteiger partial charge is 0.351 e. The van der Waals surface area contributed by atoms with Crippen LogP contribution in [0.1, 0.15) is 26.7 Å². The second-order valence-electron chi connectivity index (χ2n) is 8.82. The first kappa shape index (κ1) is 20.6. The molecular formula is C27H29N5. The van der Waals surface area contributed by atoms with Crippen molar-refractivity contribution < 1.29 is 0 Å². The van der Waals surface area contributed by atoms with E-state index in [-0.39, 0.29) is 0 Å². The van der Waals surface area contributed by atoms with Crippen LogP contribution in [0.4, 0.5) is 5.82 Å². The van der Waals surface area contributed by atoms with Crippen LogP contribution >= 0.6 is 0 Å². The molecule has 5 rings (SSSR count). The van der Waals surface area contributed by atoms with Gasteiger partial charge in [-0.2, -0.15) is 0 Å². The SMILES string of the molecule is CC(C)NCC1CCCN1c1cc(-c2ccncc2)c(-c2ccc3ccccc3c2)nn1. The van der Waals surface area contributed by atoms with Crippen molar-refractivity contribution in [3.8, 4) is 22.4 Å². The van der Waals surface area contributed by atoms with Crippen LogP contribution in [0, 0.1) is 0 Å². The van der Waals surface area contributed by atoms with Crippen molar-refractivity contribution in [3.63, 3.8) is 0 Å². The fourth-order valence-corrected chi connectivity index (χ4v) is 4.54. The van der Waals surface area contributed by atoms with E-state index in [1.165, 1.54) is 23.6 Å². The molecule has 0 saturated carbocycles. The van der Waals surface area contributed by atoms with Crippen LogP contribution < -0.4 is 10.2 Å². The first-order valence-corrected chi connectivity index (χ1v) is 11.5. The van der Waals surface area contributed by atoms with Crippen LogP contribution in [0.5, 0.6) is 0 Å². The van der Waals surface area contributed by atoms with Gasteiger partial charge in [0.25, 0.3) is 0 Å². The second kappa shape index (κ2) is 9.05. The third kappa shape index (κ3) is 4.21. The third-order valence-electron chi connectivity index (χ3n) is 6.23. The number of fused-ring (bicyclic) bond motifs is 1. The van der Waals surface area contributed by atoms with Gasteiger partial charge in [-0.05, 0) is 53.4 Å². The normalized spacial score (nSPS) is 16.2. The molecule has 32 heavy (non-hydrogen) atoms. The molecule has 0 bridgehead atoms. The average molecular weight is 424 g/mol. The molecule has 1 aliphatic rings. The molecule has 5 heteroatoms.